The van der Waals surface area contributed by atoms with Gasteiger partial charge < -0.3 is 5.11 Å². The quantitative estimate of drug-likeness (QED) is 0.549. The highest BCUT2D eigenvalue weighted by atomic mass is 35.5. The number of nitro benzene ring substituents is 1. The number of hydrogen-bond acceptors (Lipinski definition) is 5. The van der Waals surface area contributed by atoms with Crippen LogP contribution in [0.5, 0.6) is 5.75 Å². The molecule has 2 heterocycles. The Morgan fingerprint density at radius 1 is 1.27 bits per heavy atom. The molecule has 2 aromatic carbocycles. The summed E-state index contributed by atoms with van der Waals surface area (Å²) in [5.41, 5.74) is 1.36. The fourth-order valence-corrected chi connectivity index (χ4v) is 3.27. The van der Waals surface area contributed by atoms with E-state index in [0.717, 1.165) is 5.57 Å². The number of hydrogen-bond donors (Lipinski definition) is 1. The van der Waals surface area contributed by atoms with E-state index in [1.54, 1.807) is 34.9 Å². The highest BCUT2D eigenvalue weighted by molar-refractivity contribution is 6.31. The average Bonchev–Trinajstić information content (AvgIpc) is 2.99. The van der Waals surface area contributed by atoms with Gasteiger partial charge in [0.2, 0.25) is 0 Å². The van der Waals surface area contributed by atoms with Gasteiger partial charge >= 0.3 is 5.69 Å². The van der Waals surface area contributed by atoms with Crippen LogP contribution in [0.15, 0.2) is 41.2 Å². The van der Waals surface area contributed by atoms with E-state index in [-0.39, 0.29) is 17.0 Å². The second-order valence-corrected chi connectivity index (χ2v) is 6.41. The number of benzene rings is 2. The zero-order chi connectivity index (χ0) is 18.4. The zero-order valence-corrected chi connectivity index (χ0v) is 14.1. The summed E-state index contributed by atoms with van der Waals surface area (Å²) in [5.74, 6) is 0.138. The molecule has 4 rings (SSSR count). The minimum Gasteiger partial charge on any atom is -0.502 e. The highest BCUT2D eigenvalue weighted by Gasteiger charge is 2.21. The number of rotatable bonds is 2. The predicted molar refractivity (Wildman–Crippen MR) is 98.3 cm³/mol. The standard InChI is InChI=1S/C18H12ClN3O4/c19-12-2-3-13-14(9-12)20-17-11(5-6-21(17)18(13)24)7-10-1-4-16(23)15(8-10)22(25)26/h1-4,7-9,23H,5-6H2/b11-7+. The molecule has 26 heavy (non-hydrogen) atoms. The number of aromatic nitrogens is 2. The van der Waals surface area contributed by atoms with Crippen LogP contribution >= 0.6 is 11.6 Å². The molecule has 1 aliphatic heterocycles. The van der Waals surface area contributed by atoms with Gasteiger partial charge in [0.15, 0.2) is 5.75 Å². The zero-order valence-electron chi connectivity index (χ0n) is 13.3. The molecule has 0 saturated heterocycles. The lowest BCUT2D eigenvalue weighted by Gasteiger charge is -2.06. The van der Waals surface area contributed by atoms with Crippen molar-refractivity contribution in [3.05, 3.63) is 73.3 Å². The summed E-state index contributed by atoms with van der Waals surface area (Å²) in [6.07, 6.45) is 2.33. The third kappa shape index (κ3) is 2.62. The normalized spacial score (nSPS) is 14.7. The molecular formula is C18H12ClN3O4. The molecule has 0 bridgehead atoms. The summed E-state index contributed by atoms with van der Waals surface area (Å²) >= 11 is 6.00. The summed E-state index contributed by atoms with van der Waals surface area (Å²) in [4.78, 5) is 27.6. The molecule has 3 aromatic rings. The SMILES string of the molecule is O=c1c2ccc(Cl)cc2nc2n1CC/C2=C\c1ccc(O)c([N+](=O)[O-])c1. The lowest BCUT2D eigenvalue weighted by molar-refractivity contribution is -0.385. The average molecular weight is 370 g/mol. The molecule has 0 aliphatic carbocycles. The summed E-state index contributed by atoms with van der Waals surface area (Å²) in [6.45, 7) is 0.492. The maximum Gasteiger partial charge on any atom is 0.311 e. The minimum atomic E-state index is -0.641. The first kappa shape index (κ1) is 16.3. The predicted octanol–water partition coefficient (Wildman–Crippen LogP) is 3.61. The van der Waals surface area contributed by atoms with Gasteiger partial charge in [-0.2, -0.15) is 0 Å². The first-order chi connectivity index (χ1) is 12.4. The maximum atomic E-state index is 12.6. The van der Waals surface area contributed by atoms with E-state index in [9.17, 15) is 20.0 Å². The van der Waals surface area contributed by atoms with Gasteiger partial charge in [-0.25, -0.2) is 4.98 Å². The van der Waals surface area contributed by atoms with Crippen molar-refractivity contribution in [3.8, 4) is 5.75 Å². The topological polar surface area (TPSA) is 98.3 Å². The van der Waals surface area contributed by atoms with Crippen molar-refractivity contribution in [1.82, 2.24) is 9.55 Å². The van der Waals surface area contributed by atoms with E-state index >= 15 is 0 Å². The van der Waals surface area contributed by atoms with E-state index < -0.39 is 4.92 Å². The Balaban J connectivity index is 1.87. The first-order valence-corrected chi connectivity index (χ1v) is 8.20. The molecule has 0 amide bonds. The van der Waals surface area contributed by atoms with Gasteiger partial charge in [-0.3, -0.25) is 19.5 Å². The summed E-state index contributed by atoms with van der Waals surface area (Å²) < 4.78 is 1.59. The Kier molecular flexibility index (Phi) is 3.73. The van der Waals surface area contributed by atoms with Gasteiger partial charge in [0.05, 0.1) is 15.8 Å². The van der Waals surface area contributed by atoms with Crippen LogP contribution in [0.4, 0.5) is 5.69 Å². The lowest BCUT2D eigenvalue weighted by Crippen LogP contribution is -2.20. The van der Waals surface area contributed by atoms with Crippen LogP contribution in [0.2, 0.25) is 5.02 Å². The molecule has 0 saturated carbocycles. The van der Waals surface area contributed by atoms with Crippen LogP contribution < -0.4 is 5.56 Å². The number of nitrogens with zero attached hydrogens (tertiary/aromatic N) is 3. The van der Waals surface area contributed by atoms with Crippen LogP contribution in [0.3, 0.4) is 0 Å². The molecule has 0 atom stereocenters. The highest BCUT2D eigenvalue weighted by Crippen LogP contribution is 2.31. The maximum absolute atomic E-state index is 12.6. The fourth-order valence-electron chi connectivity index (χ4n) is 3.11. The minimum absolute atomic E-state index is 0.137. The number of fused-ring (bicyclic) bond motifs is 2. The number of allylic oxidation sites excluding steroid dienone is 1. The number of phenolic OH excluding ortho intramolecular Hbond substituents is 1. The van der Waals surface area contributed by atoms with E-state index in [4.69, 9.17) is 11.6 Å². The molecule has 1 aliphatic rings. The van der Waals surface area contributed by atoms with Crippen molar-refractivity contribution in [1.29, 1.82) is 0 Å². The number of phenols is 1. The fraction of sp³-hybridized carbons (Fsp3) is 0.111. The Morgan fingerprint density at radius 3 is 2.85 bits per heavy atom. The number of aromatic hydroxyl groups is 1. The first-order valence-electron chi connectivity index (χ1n) is 7.82. The number of halogens is 1. The molecule has 0 unspecified atom stereocenters. The van der Waals surface area contributed by atoms with Gasteiger partial charge in [0, 0.05) is 17.6 Å². The summed E-state index contributed by atoms with van der Waals surface area (Å²) in [7, 11) is 0. The van der Waals surface area contributed by atoms with E-state index in [2.05, 4.69) is 4.98 Å². The lowest BCUT2D eigenvalue weighted by atomic mass is 10.1. The van der Waals surface area contributed by atoms with Crippen molar-refractivity contribution in [2.45, 2.75) is 13.0 Å². The second kappa shape index (κ2) is 5.96. The van der Waals surface area contributed by atoms with Gasteiger partial charge in [-0.05, 0) is 47.9 Å². The van der Waals surface area contributed by atoms with Gasteiger partial charge in [-0.1, -0.05) is 17.7 Å². The van der Waals surface area contributed by atoms with Crippen LogP contribution in [-0.2, 0) is 6.54 Å². The van der Waals surface area contributed by atoms with E-state index in [0.29, 0.717) is 40.3 Å². The molecule has 0 radical (unpaired) electrons. The van der Waals surface area contributed by atoms with Crippen molar-refractivity contribution >= 4 is 39.8 Å². The van der Waals surface area contributed by atoms with Crippen molar-refractivity contribution < 1.29 is 10.0 Å². The largest absolute Gasteiger partial charge is 0.502 e. The molecule has 1 N–H and O–H groups in total. The summed E-state index contributed by atoms with van der Waals surface area (Å²) in [5, 5.41) is 21.6. The van der Waals surface area contributed by atoms with E-state index in [1.807, 2.05) is 0 Å². The third-order valence-electron chi connectivity index (χ3n) is 4.35. The van der Waals surface area contributed by atoms with Crippen LogP contribution in [-0.4, -0.2) is 19.6 Å². The van der Waals surface area contributed by atoms with Crippen molar-refractivity contribution in [2.24, 2.45) is 0 Å². The van der Waals surface area contributed by atoms with Crippen LogP contribution in [0.1, 0.15) is 17.8 Å². The monoisotopic (exact) mass is 369 g/mol. The third-order valence-corrected chi connectivity index (χ3v) is 4.58. The van der Waals surface area contributed by atoms with Crippen molar-refractivity contribution in [3.63, 3.8) is 0 Å². The smallest absolute Gasteiger partial charge is 0.311 e. The van der Waals surface area contributed by atoms with Gasteiger partial charge in [0.1, 0.15) is 5.82 Å². The Labute approximate surface area is 151 Å². The van der Waals surface area contributed by atoms with Crippen LogP contribution in [0, 0.1) is 10.1 Å². The molecule has 130 valence electrons. The molecular weight excluding hydrogens is 358 g/mol. The Bertz CT molecular complexity index is 1170. The van der Waals surface area contributed by atoms with Gasteiger partial charge in [-0.15, -0.1) is 0 Å². The Morgan fingerprint density at radius 2 is 2.08 bits per heavy atom. The van der Waals surface area contributed by atoms with Crippen LogP contribution in [0.25, 0.3) is 22.6 Å². The Hall–Kier alpha value is -3.19. The second-order valence-electron chi connectivity index (χ2n) is 5.98. The van der Waals surface area contributed by atoms with Crippen molar-refractivity contribution in [2.75, 3.05) is 0 Å². The molecule has 7 nitrogen and oxygen atoms in total. The summed E-state index contributed by atoms with van der Waals surface area (Å²) in [6, 6.07) is 9.10. The molecule has 0 fully saturated rings. The molecule has 1 aromatic heterocycles. The molecule has 0 spiro atoms. The number of nitro groups is 1. The van der Waals surface area contributed by atoms with Gasteiger partial charge in [0.25, 0.3) is 5.56 Å². The molecule has 8 heteroatoms. The van der Waals surface area contributed by atoms with E-state index in [1.165, 1.54) is 12.1 Å².